The molecule has 0 aromatic heterocycles. The Morgan fingerprint density at radius 3 is 1.59 bits per heavy atom. The Kier molecular flexibility index (Phi) is 16.9. The van der Waals surface area contributed by atoms with Gasteiger partial charge in [-0.1, -0.05) is 0 Å². The molecular weight excluding hydrogens is 462 g/mol. The molecule has 0 aliphatic rings. The zero-order valence-corrected chi connectivity index (χ0v) is 19.2. The molecule has 0 heterocycles. The number of nitrogens with one attached hydrogen (secondary N) is 1. The SMILES string of the molecule is COC[C@H](NCCCN(C[C@H](O)[C@@H](O)[C@H](O)[C@H](O)CO)C[C@H](O)[C@@H](O)[C@H](O)[C@H](O)CO)C(N)=O. The van der Waals surface area contributed by atoms with Crippen molar-refractivity contribution >= 4 is 5.91 Å². The number of aliphatic hydroxyl groups excluding tert-OH is 10. The first-order valence-electron chi connectivity index (χ1n) is 10.8. The summed E-state index contributed by atoms with van der Waals surface area (Å²) in [6.07, 6.45) is -13.9. The van der Waals surface area contributed by atoms with Gasteiger partial charge in [-0.05, 0) is 19.5 Å². The number of aliphatic hydroxyl groups is 10. The summed E-state index contributed by atoms with van der Waals surface area (Å²) >= 11 is 0. The van der Waals surface area contributed by atoms with Gasteiger partial charge in [-0.3, -0.25) is 9.69 Å². The molecule has 34 heavy (non-hydrogen) atoms. The molecule has 0 spiro atoms. The fraction of sp³-hybridized carbons (Fsp3) is 0.947. The van der Waals surface area contributed by atoms with Gasteiger partial charge in [-0.2, -0.15) is 0 Å². The van der Waals surface area contributed by atoms with Gasteiger partial charge in [0.15, 0.2) is 0 Å². The van der Waals surface area contributed by atoms with Crippen LogP contribution in [0.5, 0.6) is 0 Å². The van der Waals surface area contributed by atoms with Gasteiger partial charge < -0.3 is 66.9 Å². The first-order valence-corrected chi connectivity index (χ1v) is 10.8. The summed E-state index contributed by atoms with van der Waals surface area (Å²) < 4.78 is 4.88. The third-order valence-electron chi connectivity index (χ3n) is 5.26. The molecule has 0 aromatic carbocycles. The van der Waals surface area contributed by atoms with Gasteiger partial charge in [0.1, 0.15) is 42.7 Å². The lowest BCUT2D eigenvalue weighted by Gasteiger charge is -2.33. The minimum Gasteiger partial charge on any atom is -0.394 e. The number of carbonyl (C=O) groups is 1. The second-order valence-electron chi connectivity index (χ2n) is 8.07. The van der Waals surface area contributed by atoms with Crippen LogP contribution in [0.2, 0.25) is 0 Å². The van der Waals surface area contributed by atoms with Gasteiger partial charge in [-0.25, -0.2) is 0 Å². The van der Waals surface area contributed by atoms with E-state index in [0.29, 0.717) is 6.42 Å². The molecule has 0 bridgehead atoms. The highest BCUT2D eigenvalue weighted by Crippen LogP contribution is 2.11. The normalized spacial score (nSPS) is 20.2. The van der Waals surface area contributed by atoms with Crippen molar-refractivity contribution in [2.75, 3.05) is 53.1 Å². The van der Waals surface area contributed by atoms with E-state index in [1.54, 1.807) is 0 Å². The van der Waals surface area contributed by atoms with Crippen molar-refractivity contribution in [3.63, 3.8) is 0 Å². The number of carbonyl (C=O) groups excluding carboxylic acids is 1. The van der Waals surface area contributed by atoms with E-state index < -0.39 is 74.0 Å². The average Bonchev–Trinajstić information content (AvgIpc) is 2.82. The van der Waals surface area contributed by atoms with Crippen LogP contribution in [0.15, 0.2) is 0 Å². The fourth-order valence-electron chi connectivity index (χ4n) is 3.12. The number of hydrogen-bond donors (Lipinski definition) is 12. The molecule has 13 N–H and O–H groups in total. The van der Waals surface area contributed by atoms with Crippen molar-refractivity contribution < 1.29 is 60.6 Å². The van der Waals surface area contributed by atoms with Crippen molar-refractivity contribution in [3.8, 4) is 0 Å². The van der Waals surface area contributed by atoms with Crippen molar-refractivity contribution in [1.82, 2.24) is 10.2 Å². The van der Waals surface area contributed by atoms with Gasteiger partial charge in [0.25, 0.3) is 0 Å². The first-order chi connectivity index (χ1) is 15.9. The summed E-state index contributed by atoms with van der Waals surface area (Å²) in [5.74, 6) is -0.636. The Morgan fingerprint density at radius 1 is 0.824 bits per heavy atom. The third-order valence-corrected chi connectivity index (χ3v) is 5.26. The van der Waals surface area contributed by atoms with Crippen molar-refractivity contribution in [2.45, 2.75) is 61.3 Å². The summed E-state index contributed by atoms with van der Waals surface area (Å²) in [6, 6.07) is -0.761. The van der Waals surface area contributed by atoms with E-state index in [2.05, 4.69) is 5.32 Å². The number of nitrogens with zero attached hydrogens (tertiary/aromatic N) is 1. The lowest BCUT2D eigenvalue weighted by Crippen LogP contribution is -2.53. The van der Waals surface area contributed by atoms with E-state index in [1.165, 1.54) is 12.0 Å². The second kappa shape index (κ2) is 17.4. The standard InChI is InChI=1S/C19H41N3O12/c1-34-9-10(19(20)33)21-3-2-4-22(5-11(25)15(29)17(31)13(27)7-23)6-12(26)16(30)18(32)14(28)8-24/h10-18,21,23-32H,2-9H2,1H3,(H2,20,33)/t10-,11-,12-,13+,14+,15+,16+,17+,18+/m0/s1. The minimum atomic E-state index is -1.87. The Hall–Kier alpha value is -1.05. The van der Waals surface area contributed by atoms with Gasteiger partial charge in [0.2, 0.25) is 5.91 Å². The van der Waals surface area contributed by atoms with Crippen LogP contribution >= 0.6 is 0 Å². The maximum absolute atomic E-state index is 11.4. The molecule has 204 valence electrons. The topological polar surface area (TPSA) is 270 Å². The number of primary amides is 1. The number of methoxy groups -OCH3 is 1. The summed E-state index contributed by atoms with van der Waals surface area (Å²) in [5.41, 5.74) is 5.25. The maximum Gasteiger partial charge on any atom is 0.236 e. The van der Waals surface area contributed by atoms with Crippen molar-refractivity contribution in [2.24, 2.45) is 5.73 Å². The van der Waals surface area contributed by atoms with Gasteiger partial charge in [-0.15, -0.1) is 0 Å². The average molecular weight is 504 g/mol. The molecule has 1 amide bonds. The molecule has 9 atom stereocenters. The van der Waals surface area contributed by atoms with Crippen molar-refractivity contribution in [1.29, 1.82) is 0 Å². The summed E-state index contributed by atoms with van der Waals surface area (Å²) in [4.78, 5) is 12.7. The molecule has 0 aliphatic heterocycles. The molecule has 0 saturated heterocycles. The van der Waals surface area contributed by atoms with Crippen LogP contribution in [0.25, 0.3) is 0 Å². The van der Waals surface area contributed by atoms with Crippen LogP contribution < -0.4 is 11.1 Å². The van der Waals surface area contributed by atoms with E-state index in [1.807, 2.05) is 0 Å². The highest BCUT2D eigenvalue weighted by atomic mass is 16.5. The number of nitrogens with two attached hydrogens (primary N) is 1. The number of rotatable bonds is 20. The zero-order chi connectivity index (χ0) is 26.4. The van der Waals surface area contributed by atoms with E-state index in [-0.39, 0.29) is 32.8 Å². The van der Waals surface area contributed by atoms with Crippen LogP contribution in [0.1, 0.15) is 6.42 Å². The summed E-state index contributed by atoms with van der Waals surface area (Å²) in [7, 11) is 1.39. The smallest absolute Gasteiger partial charge is 0.236 e. The maximum atomic E-state index is 11.4. The zero-order valence-electron chi connectivity index (χ0n) is 19.2. The molecule has 0 unspecified atom stereocenters. The molecule has 15 heteroatoms. The highest BCUT2D eigenvalue weighted by Gasteiger charge is 2.34. The Bertz CT molecular complexity index is 519. The van der Waals surface area contributed by atoms with Gasteiger partial charge in [0, 0.05) is 20.2 Å². The molecule has 15 nitrogen and oxygen atoms in total. The molecular formula is C19H41N3O12. The monoisotopic (exact) mass is 503 g/mol. The second-order valence-corrected chi connectivity index (χ2v) is 8.07. The van der Waals surface area contributed by atoms with Crippen LogP contribution in [0.3, 0.4) is 0 Å². The van der Waals surface area contributed by atoms with E-state index in [9.17, 15) is 45.6 Å². The van der Waals surface area contributed by atoms with Crippen LogP contribution in [-0.4, -0.2) is 170 Å². The molecule has 0 aromatic rings. The van der Waals surface area contributed by atoms with Crippen LogP contribution in [0.4, 0.5) is 0 Å². The molecule has 0 rings (SSSR count). The predicted molar refractivity (Wildman–Crippen MR) is 116 cm³/mol. The van der Waals surface area contributed by atoms with E-state index in [4.69, 9.17) is 20.7 Å². The van der Waals surface area contributed by atoms with Crippen LogP contribution in [-0.2, 0) is 9.53 Å². The summed E-state index contributed by atoms with van der Waals surface area (Å²) in [6.45, 7) is -2.10. The predicted octanol–water partition coefficient (Wildman–Crippen LogP) is -7.36. The number of amides is 1. The largest absolute Gasteiger partial charge is 0.394 e. The van der Waals surface area contributed by atoms with Gasteiger partial charge in [0.05, 0.1) is 32.0 Å². The minimum absolute atomic E-state index is 0.0327. The van der Waals surface area contributed by atoms with E-state index >= 15 is 0 Å². The van der Waals surface area contributed by atoms with Crippen molar-refractivity contribution in [3.05, 3.63) is 0 Å². The summed E-state index contributed by atoms with van der Waals surface area (Å²) in [5, 5.41) is 99.8. The Balaban J connectivity index is 5.18. The lowest BCUT2D eigenvalue weighted by atomic mass is 10.0. The highest BCUT2D eigenvalue weighted by molar-refractivity contribution is 5.79. The third kappa shape index (κ3) is 11.6. The Labute approximate surface area is 197 Å². The molecule has 0 aliphatic carbocycles. The van der Waals surface area contributed by atoms with Gasteiger partial charge >= 0.3 is 0 Å². The number of hydrogen-bond acceptors (Lipinski definition) is 14. The first kappa shape index (κ1) is 33.0. The molecule has 0 radical (unpaired) electrons. The molecule has 0 saturated carbocycles. The lowest BCUT2D eigenvalue weighted by molar-refractivity contribution is -0.130. The number of ether oxygens (including phenoxy) is 1. The quantitative estimate of drug-likeness (QED) is 0.0688. The Morgan fingerprint density at radius 2 is 1.24 bits per heavy atom. The van der Waals surface area contributed by atoms with Crippen LogP contribution in [0, 0.1) is 0 Å². The molecule has 0 fully saturated rings. The fourth-order valence-corrected chi connectivity index (χ4v) is 3.12. The van der Waals surface area contributed by atoms with E-state index in [0.717, 1.165) is 0 Å².